The summed E-state index contributed by atoms with van der Waals surface area (Å²) in [7, 11) is -3.85. The number of hydrogen-bond donors (Lipinski definition) is 0. The van der Waals surface area contributed by atoms with Gasteiger partial charge in [0.05, 0.1) is 11.5 Å². The molecule has 4 aromatic rings. The van der Waals surface area contributed by atoms with Crippen molar-refractivity contribution in [3.63, 3.8) is 0 Å². The molecule has 2 nitrogen and oxygen atoms in total. The number of rotatable bonds is 8. The first-order valence-corrected chi connectivity index (χ1v) is 17.0. The van der Waals surface area contributed by atoms with Crippen molar-refractivity contribution < 1.29 is 17.2 Å². The number of hydrogen-bond acceptors (Lipinski definition) is 2. The Balaban J connectivity index is 1.20. The van der Waals surface area contributed by atoms with Gasteiger partial charge >= 0.3 is 0 Å². The quantitative estimate of drug-likeness (QED) is 0.193. The molecule has 0 unspecified atom stereocenters. The molecule has 220 valence electrons. The molecule has 0 saturated heterocycles. The van der Waals surface area contributed by atoms with Gasteiger partial charge in [0, 0.05) is 21.2 Å². The normalized spacial score (nSPS) is 15.5. The highest BCUT2D eigenvalue weighted by molar-refractivity contribution is 7.89. The zero-order valence-corrected chi connectivity index (χ0v) is 25.8. The summed E-state index contributed by atoms with van der Waals surface area (Å²) in [4.78, 5) is 0. The van der Waals surface area contributed by atoms with Crippen molar-refractivity contribution in [2.24, 2.45) is 0 Å². The Morgan fingerprint density at radius 2 is 0.907 bits per heavy atom. The first-order valence-electron chi connectivity index (χ1n) is 14.4. The molecule has 0 spiro atoms. The Kier molecular flexibility index (Phi) is 8.59. The number of allylic oxidation sites excluding steroid dienone is 4. The number of benzene rings is 4. The lowest BCUT2D eigenvalue weighted by molar-refractivity contribution is 0.580. The molecule has 0 fully saturated rings. The van der Waals surface area contributed by atoms with Crippen LogP contribution >= 0.6 is 23.2 Å². The summed E-state index contributed by atoms with van der Waals surface area (Å²) in [5.74, 6) is -2.18. The second-order valence-corrected chi connectivity index (χ2v) is 14.2. The van der Waals surface area contributed by atoms with Gasteiger partial charge in [-0.25, -0.2) is 17.2 Å². The third kappa shape index (κ3) is 6.64. The zero-order valence-electron chi connectivity index (χ0n) is 23.5. The molecule has 0 bridgehead atoms. The molecule has 4 aromatic carbocycles. The van der Waals surface area contributed by atoms with E-state index in [2.05, 4.69) is 0 Å². The highest BCUT2D eigenvalue weighted by Gasteiger charge is 2.23. The van der Waals surface area contributed by atoms with E-state index in [1.54, 1.807) is 12.1 Å². The summed E-state index contributed by atoms with van der Waals surface area (Å²) in [5, 5.41) is 1.29. The van der Waals surface area contributed by atoms with Gasteiger partial charge in [0.15, 0.2) is 9.84 Å². The molecule has 0 aliphatic heterocycles. The Bertz CT molecular complexity index is 1760. The lowest BCUT2D eigenvalue weighted by Crippen LogP contribution is -2.10. The Morgan fingerprint density at radius 1 is 0.535 bits per heavy atom. The van der Waals surface area contributed by atoms with Crippen LogP contribution in [0.25, 0.3) is 22.3 Å². The minimum Gasteiger partial charge on any atom is -0.228 e. The highest BCUT2D eigenvalue weighted by atomic mass is 35.5. The molecular formula is C36H30Cl2F2O2S. The summed E-state index contributed by atoms with van der Waals surface area (Å²) in [6.07, 6.45) is 5.28. The van der Waals surface area contributed by atoms with Gasteiger partial charge in [-0.05, 0) is 119 Å². The smallest absolute Gasteiger partial charge is 0.158 e. The topological polar surface area (TPSA) is 34.1 Å². The van der Waals surface area contributed by atoms with Gasteiger partial charge in [0.25, 0.3) is 0 Å². The van der Waals surface area contributed by atoms with E-state index in [9.17, 15) is 8.42 Å². The minimum absolute atomic E-state index is 0.0750. The van der Waals surface area contributed by atoms with Crippen LogP contribution in [-0.2, 0) is 21.3 Å². The Hall–Kier alpha value is -3.25. The van der Waals surface area contributed by atoms with Crippen molar-refractivity contribution in [1.82, 2.24) is 0 Å². The molecule has 6 rings (SSSR count). The van der Waals surface area contributed by atoms with E-state index < -0.39 is 33.0 Å². The fraction of sp³-hybridized carbons (Fsp3) is 0.222. The highest BCUT2D eigenvalue weighted by Crippen LogP contribution is 2.42. The fourth-order valence-electron chi connectivity index (χ4n) is 6.34. The van der Waals surface area contributed by atoms with Gasteiger partial charge in [-0.15, -0.1) is 0 Å². The van der Waals surface area contributed by atoms with E-state index in [1.165, 1.54) is 24.3 Å². The third-order valence-electron chi connectivity index (χ3n) is 8.34. The van der Waals surface area contributed by atoms with Gasteiger partial charge < -0.3 is 0 Å². The Morgan fingerprint density at radius 3 is 1.26 bits per heavy atom. The maximum Gasteiger partial charge on any atom is 0.158 e. The first-order chi connectivity index (χ1) is 20.7. The summed E-state index contributed by atoms with van der Waals surface area (Å²) in [5.41, 5.74) is 8.04. The van der Waals surface area contributed by atoms with Crippen molar-refractivity contribution in [3.05, 3.63) is 140 Å². The Labute approximate surface area is 261 Å². The third-order valence-corrected chi connectivity index (χ3v) is 10.3. The van der Waals surface area contributed by atoms with Crippen LogP contribution in [0.1, 0.15) is 71.9 Å². The molecule has 0 heterocycles. The standard InChI is InChI=1S/C36H30Cl2F2O2S/c37-29-7-1-5-23(17-29)31-9-3-11-33(31)25-13-15-27(35(39)19-25)21-43(41,42)22-28-16-14-26(20-36(28)40)34-12-4-10-32(34)24-6-2-8-30(38)18-24/h1-2,5-8,13-20H,3-4,9-12,21-22H2. The average Bonchev–Trinajstić information content (AvgIpc) is 3.66. The van der Waals surface area contributed by atoms with Crippen LogP contribution in [0, 0.1) is 11.6 Å². The summed E-state index contributed by atoms with van der Waals surface area (Å²) in [6, 6.07) is 24.7. The van der Waals surface area contributed by atoms with Gasteiger partial charge in [0.2, 0.25) is 0 Å². The van der Waals surface area contributed by atoms with Crippen molar-refractivity contribution in [3.8, 4) is 0 Å². The van der Waals surface area contributed by atoms with Crippen molar-refractivity contribution in [2.75, 3.05) is 0 Å². The maximum absolute atomic E-state index is 15.3. The van der Waals surface area contributed by atoms with Gasteiger partial charge in [-0.1, -0.05) is 71.7 Å². The SMILES string of the molecule is O=S(=O)(Cc1ccc(C2=C(c3cccc(Cl)c3)CCC2)cc1F)Cc1ccc(C2=C(c3cccc(Cl)c3)CCC2)cc1F. The van der Waals surface area contributed by atoms with Crippen molar-refractivity contribution in [2.45, 2.75) is 50.0 Å². The predicted octanol–water partition coefficient (Wildman–Crippen LogP) is 10.6. The molecule has 0 aromatic heterocycles. The summed E-state index contributed by atoms with van der Waals surface area (Å²) in [6.45, 7) is 0. The molecule has 2 aliphatic rings. The van der Waals surface area contributed by atoms with Crippen molar-refractivity contribution in [1.29, 1.82) is 0 Å². The predicted molar refractivity (Wildman–Crippen MR) is 173 cm³/mol. The largest absolute Gasteiger partial charge is 0.228 e. The van der Waals surface area contributed by atoms with Crippen LogP contribution in [0.15, 0.2) is 84.9 Å². The molecule has 0 saturated carbocycles. The van der Waals surface area contributed by atoms with Crippen LogP contribution < -0.4 is 0 Å². The van der Waals surface area contributed by atoms with E-state index in [-0.39, 0.29) is 11.1 Å². The van der Waals surface area contributed by atoms with Crippen LogP contribution in [0.5, 0.6) is 0 Å². The number of halogens is 4. The molecule has 2 aliphatic carbocycles. The van der Waals surface area contributed by atoms with Crippen LogP contribution in [-0.4, -0.2) is 8.42 Å². The lowest BCUT2D eigenvalue weighted by Gasteiger charge is -2.12. The monoisotopic (exact) mass is 634 g/mol. The molecule has 0 amide bonds. The van der Waals surface area contributed by atoms with E-state index in [1.807, 2.05) is 48.5 Å². The van der Waals surface area contributed by atoms with Gasteiger partial charge in [-0.2, -0.15) is 0 Å². The second-order valence-electron chi connectivity index (χ2n) is 11.3. The van der Waals surface area contributed by atoms with Crippen LogP contribution in [0.2, 0.25) is 10.0 Å². The van der Waals surface area contributed by atoms with E-state index in [0.29, 0.717) is 10.0 Å². The summed E-state index contributed by atoms with van der Waals surface area (Å²) >= 11 is 12.4. The minimum atomic E-state index is -3.85. The van der Waals surface area contributed by atoms with Gasteiger partial charge in [0.1, 0.15) is 11.6 Å². The summed E-state index contributed by atoms with van der Waals surface area (Å²) < 4.78 is 56.8. The maximum atomic E-state index is 15.3. The van der Waals surface area contributed by atoms with Crippen LogP contribution in [0.3, 0.4) is 0 Å². The lowest BCUT2D eigenvalue weighted by atomic mass is 9.96. The second kappa shape index (κ2) is 12.4. The fourth-order valence-corrected chi connectivity index (χ4v) is 8.24. The molecule has 0 atom stereocenters. The molecule has 0 radical (unpaired) electrons. The molecule has 7 heteroatoms. The van der Waals surface area contributed by atoms with Gasteiger partial charge in [-0.3, -0.25) is 0 Å². The van der Waals surface area contributed by atoms with E-state index in [4.69, 9.17) is 23.2 Å². The molecular weight excluding hydrogens is 605 g/mol. The van der Waals surface area contributed by atoms with Crippen LogP contribution in [0.4, 0.5) is 8.78 Å². The number of sulfone groups is 1. The van der Waals surface area contributed by atoms with Crippen molar-refractivity contribution >= 4 is 55.3 Å². The first kappa shape index (κ1) is 29.8. The molecule has 0 N–H and O–H groups in total. The zero-order chi connectivity index (χ0) is 30.1. The molecule has 43 heavy (non-hydrogen) atoms. The average molecular weight is 636 g/mol. The van der Waals surface area contributed by atoms with E-state index in [0.717, 1.165) is 83.1 Å². The van der Waals surface area contributed by atoms with E-state index >= 15 is 8.78 Å².